The monoisotopic (exact) mass is 369 g/mol. The van der Waals surface area contributed by atoms with E-state index >= 15 is 0 Å². The molecule has 0 bridgehead atoms. The minimum absolute atomic E-state index is 0.0567. The highest BCUT2D eigenvalue weighted by Gasteiger charge is 2.50. The van der Waals surface area contributed by atoms with Gasteiger partial charge < -0.3 is 0 Å². The van der Waals surface area contributed by atoms with Crippen molar-refractivity contribution < 1.29 is 0 Å². The van der Waals surface area contributed by atoms with Crippen LogP contribution in [0.4, 0.5) is 0 Å². The summed E-state index contributed by atoms with van der Waals surface area (Å²) >= 11 is 12.6. The van der Waals surface area contributed by atoms with Crippen LogP contribution < -0.4 is 4.86 Å². The molecule has 5 heteroatoms. The molecule has 0 saturated heterocycles. The lowest BCUT2D eigenvalue weighted by atomic mass is 10.2. The van der Waals surface area contributed by atoms with Gasteiger partial charge in [-0.15, -0.1) is 0 Å². The number of hydrogen-bond donors (Lipinski definition) is 1. The first-order valence-corrected chi connectivity index (χ1v) is 13.3. The maximum atomic E-state index is 6.32. The van der Waals surface area contributed by atoms with Crippen LogP contribution in [0.3, 0.4) is 0 Å². The molecule has 128 valence electrons. The van der Waals surface area contributed by atoms with Gasteiger partial charge in [-0.25, -0.2) is 0 Å². The SMILES string of the molecule is CC(C)(C)P(=S)(NP(=S)(C(C)(C)C)C(C)(C)C)C(C)(C)C. The molecule has 0 unspecified atom stereocenters. The molecule has 0 fully saturated rings. The van der Waals surface area contributed by atoms with E-state index in [1.54, 1.807) is 0 Å². The highest BCUT2D eigenvalue weighted by atomic mass is 32.5. The molecular weight excluding hydrogens is 332 g/mol. The zero-order chi connectivity index (χ0) is 17.7. The fraction of sp³-hybridized carbons (Fsp3) is 1.00. The van der Waals surface area contributed by atoms with Crippen molar-refractivity contribution in [3.8, 4) is 0 Å². The van der Waals surface area contributed by atoms with E-state index < -0.39 is 12.4 Å². The Morgan fingerprint density at radius 3 is 0.714 bits per heavy atom. The number of hydrogen-bond acceptors (Lipinski definition) is 2. The lowest BCUT2D eigenvalue weighted by Crippen LogP contribution is -2.42. The molecule has 0 aliphatic heterocycles. The van der Waals surface area contributed by atoms with Crippen LogP contribution in [0.1, 0.15) is 83.1 Å². The Kier molecular flexibility index (Phi) is 6.32. The van der Waals surface area contributed by atoms with E-state index in [1.165, 1.54) is 0 Å². The second-order valence-corrected chi connectivity index (χ2v) is 21.9. The fourth-order valence-electron chi connectivity index (χ4n) is 2.81. The van der Waals surface area contributed by atoms with Crippen LogP contribution in [-0.2, 0) is 23.6 Å². The van der Waals surface area contributed by atoms with Gasteiger partial charge in [-0.05, 0) is 0 Å². The van der Waals surface area contributed by atoms with Gasteiger partial charge in [0.05, 0.1) is 0 Å². The summed E-state index contributed by atoms with van der Waals surface area (Å²) in [5, 5.41) is 0.227. The van der Waals surface area contributed by atoms with Crippen molar-refractivity contribution in [3.63, 3.8) is 0 Å². The second kappa shape index (κ2) is 5.96. The van der Waals surface area contributed by atoms with Gasteiger partial charge in [0.1, 0.15) is 0 Å². The normalized spacial score (nSPS) is 16.2. The third kappa shape index (κ3) is 4.21. The predicted octanol–water partition coefficient (Wildman–Crippen LogP) is 6.56. The number of nitrogens with one attached hydrogen (secondary N) is 1. The van der Waals surface area contributed by atoms with Crippen molar-refractivity contribution in [1.82, 2.24) is 4.86 Å². The molecule has 0 spiro atoms. The molecule has 0 aliphatic rings. The Bertz CT molecular complexity index is 388. The Labute approximate surface area is 144 Å². The summed E-state index contributed by atoms with van der Waals surface area (Å²) in [6.45, 7) is 27.3. The molecule has 0 aromatic heterocycles. The molecule has 0 atom stereocenters. The summed E-state index contributed by atoms with van der Waals surface area (Å²) in [6.07, 6.45) is -3.75. The van der Waals surface area contributed by atoms with Crippen LogP contribution in [-0.4, -0.2) is 20.6 Å². The van der Waals surface area contributed by atoms with E-state index in [0.29, 0.717) is 0 Å². The maximum absolute atomic E-state index is 6.32. The van der Waals surface area contributed by atoms with E-state index in [-0.39, 0.29) is 20.6 Å². The molecule has 1 N–H and O–H groups in total. The van der Waals surface area contributed by atoms with E-state index in [2.05, 4.69) is 87.9 Å². The first kappa shape index (κ1) is 22.3. The van der Waals surface area contributed by atoms with Gasteiger partial charge in [-0.2, -0.15) is 0 Å². The second-order valence-electron chi connectivity index (χ2n) is 10.0. The summed E-state index contributed by atoms with van der Waals surface area (Å²) in [5.74, 6) is 0. The zero-order valence-corrected chi connectivity index (χ0v) is 19.6. The molecule has 0 heterocycles. The van der Waals surface area contributed by atoms with Crippen molar-refractivity contribution in [2.75, 3.05) is 0 Å². The van der Waals surface area contributed by atoms with E-state index in [9.17, 15) is 0 Å². The van der Waals surface area contributed by atoms with Crippen molar-refractivity contribution >= 4 is 36.0 Å². The molecule has 0 aliphatic carbocycles. The average Bonchev–Trinajstić information content (AvgIpc) is 2.09. The average molecular weight is 370 g/mol. The summed E-state index contributed by atoms with van der Waals surface area (Å²) in [6, 6.07) is 0. The van der Waals surface area contributed by atoms with Crippen LogP contribution in [0.2, 0.25) is 0 Å². The van der Waals surface area contributed by atoms with Crippen molar-refractivity contribution in [1.29, 1.82) is 0 Å². The van der Waals surface area contributed by atoms with E-state index in [0.717, 1.165) is 0 Å². The van der Waals surface area contributed by atoms with Gasteiger partial charge in [-0.1, -0.05) is 107 Å². The van der Waals surface area contributed by atoms with Crippen molar-refractivity contribution in [2.45, 2.75) is 104 Å². The van der Waals surface area contributed by atoms with Gasteiger partial charge in [0, 0.05) is 33.0 Å². The molecule has 0 aromatic carbocycles. The van der Waals surface area contributed by atoms with Crippen LogP contribution >= 0.6 is 12.4 Å². The summed E-state index contributed by atoms with van der Waals surface area (Å²) in [4.78, 5) is 4.02. The highest BCUT2D eigenvalue weighted by Crippen LogP contribution is 2.75. The quantitative estimate of drug-likeness (QED) is 0.554. The van der Waals surface area contributed by atoms with Crippen molar-refractivity contribution in [2.24, 2.45) is 0 Å². The molecule has 0 aromatic rings. The molecule has 0 amide bonds. The Morgan fingerprint density at radius 1 is 0.476 bits per heavy atom. The molecule has 0 saturated carbocycles. The maximum Gasteiger partial charge on any atom is 0.0266 e. The predicted molar refractivity (Wildman–Crippen MR) is 111 cm³/mol. The summed E-state index contributed by atoms with van der Waals surface area (Å²) in [5.41, 5.74) is 0. The minimum Gasteiger partial charge on any atom is -0.257 e. The molecule has 21 heavy (non-hydrogen) atoms. The van der Waals surface area contributed by atoms with Crippen LogP contribution in [0.25, 0.3) is 0 Å². The van der Waals surface area contributed by atoms with Gasteiger partial charge in [0.25, 0.3) is 0 Å². The van der Waals surface area contributed by atoms with Crippen LogP contribution in [0.15, 0.2) is 0 Å². The smallest absolute Gasteiger partial charge is 0.0266 e. The van der Waals surface area contributed by atoms with E-state index in [4.69, 9.17) is 23.6 Å². The molecule has 0 rings (SSSR count). The fourth-order valence-corrected chi connectivity index (χ4v) is 15.9. The Morgan fingerprint density at radius 2 is 0.619 bits per heavy atom. The van der Waals surface area contributed by atoms with Gasteiger partial charge >= 0.3 is 0 Å². The molecular formula is C16H37NP2S2. The Balaban J connectivity index is 6.31. The summed E-state index contributed by atoms with van der Waals surface area (Å²) < 4.78 is 0. The number of rotatable bonds is 2. The highest BCUT2D eigenvalue weighted by molar-refractivity contribution is 8.23. The van der Waals surface area contributed by atoms with Gasteiger partial charge in [0.15, 0.2) is 0 Å². The molecule has 0 radical (unpaired) electrons. The molecule has 1 nitrogen and oxygen atoms in total. The third-order valence-electron chi connectivity index (χ3n) is 4.06. The largest absolute Gasteiger partial charge is 0.257 e. The summed E-state index contributed by atoms with van der Waals surface area (Å²) in [7, 11) is 0. The van der Waals surface area contributed by atoms with Gasteiger partial charge in [0.2, 0.25) is 0 Å². The van der Waals surface area contributed by atoms with E-state index in [1.807, 2.05) is 0 Å². The first-order chi connectivity index (χ1) is 8.71. The lowest BCUT2D eigenvalue weighted by molar-refractivity contribution is 0.678. The lowest BCUT2D eigenvalue weighted by Gasteiger charge is -2.54. The third-order valence-corrected chi connectivity index (χ3v) is 21.9. The van der Waals surface area contributed by atoms with Crippen molar-refractivity contribution in [3.05, 3.63) is 0 Å². The van der Waals surface area contributed by atoms with Crippen LogP contribution in [0.5, 0.6) is 0 Å². The topological polar surface area (TPSA) is 12.0 Å². The van der Waals surface area contributed by atoms with Gasteiger partial charge in [-0.3, -0.25) is 4.86 Å². The Hall–Kier alpha value is 1.26. The standard InChI is InChI=1S/C16H37NP2S2/c1-13(2,3)18(20,14(4,5)6)17-19(21,15(7,8)9)16(10,11)12/h1-12H3,(H,17,20,21). The first-order valence-electron chi connectivity index (χ1n) is 7.71. The minimum atomic E-state index is -1.87. The zero-order valence-electron chi connectivity index (χ0n) is 16.2. The van der Waals surface area contributed by atoms with Crippen LogP contribution in [0, 0.1) is 0 Å².